The number of sulfone groups is 1. The number of rotatable bonds is 6. The summed E-state index contributed by atoms with van der Waals surface area (Å²) in [7, 11) is -0.0294. The maximum absolute atomic E-state index is 12.7. The van der Waals surface area contributed by atoms with Crippen molar-refractivity contribution in [1.82, 2.24) is 9.88 Å². The van der Waals surface area contributed by atoms with E-state index in [0.717, 1.165) is 23.2 Å². The molecule has 0 saturated heterocycles. The van der Waals surface area contributed by atoms with Crippen LogP contribution in [0.15, 0.2) is 64.5 Å². The second kappa shape index (κ2) is 8.74. The summed E-state index contributed by atoms with van der Waals surface area (Å²) in [5, 5.41) is 0. The van der Waals surface area contributed by atoms with E-state index in [1.807, 2.05) is 19.1 Å². The van der Waals surface area contributed by atoms with Crippen LogP contribution in [0.1, 0.15) is 23.0 Å². The first-order valence-electron chi connectivity index (χ1n) is 10.4. The van der Waals surface area contributed by atoms with Gasteiger partial charge in [-0.2, -0.15) is 0 Å². The Labute approximate surface area is 192 Å². The lowest BCUT2D eigenvalue weighted by Crippen LogP contribution is -2.21. The number of ether oxygens (including phenoxy) is 2. The molecule has 8 nitrogen and oxygen atoms in total. The summed E-state index contributed by atoms with van der Waals surface area (Å²) in [4.78, 5) is 22.1. The first-order valence-corrected chi connectivity index (χ1v) is 12.2. The van der Waals surface area contributed by atoms with Crippen molar-refractivity contribution in [2.45, 2.75) is 17.9 Å². The summed E-state index contributed by atoms with van der Waals surface area (Å²) in [5.74, 6) is 1.13. The van der Waals surface area contributed by atoms with Crippen LogP contribution < -0.4 is 4.74 Å². The van der Waals surface area contributed by atoms with Gasteiger partial charge in [0.15, 0.2) is 9.84 Å². The third-order valence-electron chi connectivity index (χ3n) is 5.06. The molecule has 0 radical (unpaired) electrons. The Hall–Kier alpha value is -3.59. The fourth-order valence-corrected chi connectivity index (χ4v) is 4.07. The number of aromatic amines is 1. The molecule has 3 aromatic rings. The van der Waals surface area contributed by atoms with Crippen molar-refractivity contribution in [3.8, 4) is 22.8 Å². The average molecular weight is 468 g/mol. The number of benzene rings is 2. The summed E-state index contributed by atoms with van der Waals surface area (Å²) in [6.07, 6.45) is 1.14. The molecular weight excluding hydrogens is 442 g/mol. The highest BCUT2D eigenvalue weighted by Crippen LogP contribution is 2.31. The highest BCUT2D eigenvalue weighted by atomic mass is 32.2. The molecule has 1 aliphatic rings. The zero-order valence-corrected chi connectivity index (χ0v) is 19.6. The molecule has 1 unspecified atom stereocenters. The molecule has 172 valence electrons. The minimum atomic E-state index is -3.38. The van der Waals surface area contributed by atoms with Gasteiger partial charge in [-0.1, -0.05) is 6.07 Å². The minimum Gasteiger partial charge on any atom is -0.474 e. The monoisotopic (exact) mass is 467 g/mol. The van der Waals surface area contributed by atoms with Gasteiger partial charge in [-0.25, -0.2) is 13.4 Å². The molecule has 2 aromatic carbocycles. The molecule has 2 heterocycles. The highest BCUT2D eigenvalue weighted by molar-refractivity contribution is 7.90. The minimum absolute atomic E-state index is 0.107. The third-order valence-corrected chi connectivity index (χ3v) is 6.17. The summed E-state index contributed by atoms with van der Waals surface area (Å²) < 4.78 is 35.4. The number of H-pyrrole nitrogens is 1. The number of hydrogen-bond donors (Lipinski definition) is 1. The molecule has 0 bridgehead atoms. The Balaban J connectivity index is 1.72. The van der Waals surface area contributed by atoms with E-state index in [9.17, 15) is 13.2 Å². The molecule has 0 aliphatic carbocycles. The van der Waals surface area contributed by atoms with Gasteiger partial charge < -0.3 is 19.4 Å². The fraction of sp³-hybridized carbons (Fsp3) is 0.250. The van der Waals surface area contributed by atoms with Crippen molar-refractivity contribution in [2.24, 2.45) is 4.99 Å². The van der Waals surface area contributed by atoms with Crippen LogP contribution in [0.4, 0.5) is 0 Å². The van der Waals surface area contributed by atoms with Crippen LogP contribution in [0.5, 0.6) is 11.5 Å². The average Bonchev–Trinajstić information content (AvgIpc) is 3.41. The van der Waals surface area contributed by atoms with Crippen molar-refractivity contribution < 1.29 is 22.7 Å². The van der Waals surface area contributed by atoms with Crippen molar-refractivity contribution in [3.63, 3.8) is 0 Å². The largest absolute Gasteiger partial charge is 0.474 e. The van der Waals surface area contributed by atoms with E-state index in [2.05, 4.69) is 9.98 Å². The van der Waals surface area contributed by atoms with Crippen molar-refractivity contribution >= 4 is 21.6 Å². The molecular formula is C24H25N3O5S. The summed E-state index contributed by atoms with van der Waals surface area (Å²) in [6.45, 7) is 2.52. The van der Waals surface area contributed by atoms with Crippen molar-refractivity contribution in [3.05, 3.63) is 65.9 Å². The number of carbonyl (C=O) groups excluding carboxylic acids is 1. The fourth-order valence-electron chi connectivity index (χ4n) is 3.41. The first-order chi connectivity index (χ1) is 15.6. The Morgan fingerprint density at radius 2 is 1.85 bits per heavy atom. The lowest BCUT2D eigenvalue weighted by atomic mass is 10.1. The molecule has 1 aliphatic heterocycles. The molecule has 0 fully saturated rings. The van der Waals surface area contributed by atoms with E-state index in [-0.39, 0.29) is 16.8 Å². The number of aromatic nitrogens is 1. The van der Waals surface area contributed by atoms with Gasteiger partial charge in [0.1, 0.15) is 23.8 Å². The maximum Gasteiger partial charge on any atom is 0.253 e. The van der Waals surface area contributed by atoms with Crippen LogP contribution >= 0.6 is 0 Å². The van der Waals surface area contributed by atoms with Crippen LogP contribution in [-0.4, -0.2) is 63.1 Å². The zero-order chi connectivity index (χ0) is 23.8. The van der Waals surface area contributed by atoms with E-state index in [1.165, 1.54) is 17.0 Å². The van der Waals surface area contributed by atoms with Crippen molar-refractivity contribution in [2.75, 3.05) is 27.0 Å². The summed E-state index contributed by atoms with van der Waals surface area (Å²) in [5.41, 5.74) is 2.68. The van der Waals surface area contributed by atoms with E-state index in [0.29, 0.717) is 29.6 Å². The number of carbonyl (C=O) groups is 1. The maximum atomic E-state index is 12.7. The molecule has 1 N–H and O–H groups in total. The second-order valence-corrected chi connectivity index (χ2v) is 10.2. The van der Waals surface area contributed by atoms with Crippen LogP contribution in [-0.2, 0) is 14.6 Å². The highest BCUT2D eigenvalue weighted by Gasteiger charge is 2.19. The topological polar surface area (TPSA) is 101 Å². The second-order valence-electron chi connectivity index (χ2n) is 8.17. The van der Waals surface area contributed by atoms with Gasteiger partial charge in [0.25, 0.3) is 5.91 Å². The van der Waals surface area contributed by atoms with Gasteiger partial charge in [0, 0.05) is 37.2 Å². The zero-order valence-electron chi connectivity index (χ0n) is 18.8. The van der Waals surface area contributed by atoms with Crippen LogP contribution in [0.2, 0.25) is 0 Å². The van der Waals surface area contributed by atoms with Crippen LogP contribution in [0.25, 0.3) is 11.3 Å². The van der Waals surface area contributed by atoms with E-state index >= 15 is 0 Å². The van der Waals surface area contributed by atoms with Gasteiger partial charge in [-0.05, 0) is 55.5 Å². The van der Waals surface area contributed by atoms with Crippen LogP contribution in [0.3, 0.4) is 0 Å². The molecule has 33 heavy (non-hydrogen) atoms. The van der Waals surface area contributed by atoms with E-state index in [1.54, 1.807) is 44.4 Å². The van der Waals surface area contributed by atoms with Crippen LogP contribution in [0, 0.1) is 0 Å². The molecule has 0 saturated carbocycles. The lowest BCUT2D eigenvalue weighted by Gasteiger charge is -2.14. The molecule has 1 atom stereocenters. The summed E-state index contributed by atoms with van der Waals surface area (Å²) >= 11 is 0. The molecule has 0 spiro atoms. The van der Waals surface area contributed by atoms with Gasteiger partial charge >= 0.3 is 0 Å². The number of aliphatic imine (C=N–C) groups is 1. The predicted molar refractivity (Wildman–Crippen MR) is 126 cm³/mol. The van der Waals surface area contributed by atoms with E-state index in [4.69, 9.17) is 9.47 Å². The summed E-state index contributed by atoms with van der Waals surface area (Å²) in [6, 6.07) is 15.3. The first kappa shape index (κ1) is 22.6. The number of amides is 1. The predicted octanol–water partition coefficient (Wildman–Crippen LogP) is 3.74. The number of nitrogens with zero attached hydrogens (tertiary/aromatic N) is 2. The molecule has 4 rings (SSSR count). The standard InChI is InChI=1S/C24H25N3O5S/c1-15-14-31-23(25-15)22-9-8-21(26-22)16-10-17(24(28)27(2)3)12-19(11-16)32-18-6-5-7-20(13-18)33(4,29)30/h5-13,15,26H,14H2,1-4H3. The Kier molecular flexibility index (Phi) is 5.99. The Morgan fingerprint density at radius 1 is 1.09 bits per heavy atom. The molecule has 1 amide bonds. The van der Waals surface area contributed by atoms with Gasteiger partial charge in [0.2, 0.25) is 5.90 Å². The number of nitrogens with one attached hydrogen (secondary N) is 1. The van der Waals surface area contributed by atoms with E-state index < -0.39 is 9.84 Å². The van der Waals surface area contributed by atoms with Gasteiger partial charge in [-0.3, -0.25) is 4.79 Å². The Morgan fingerprint density at radius 3 is 2.52 bits per heavy atom. The van der Waals surface area contributed by atoms with Gasteiger partial charge in [-0.15, -0.1) is 0 Å². The lowest BCUT2D eigenvalue weighted by molar-refractivity contribution is 0.0827. The van der Waals surface area contributed by atoms with Crippen molar-refractivity contribution in [1.29, 1.82) is 0 Å². The SMILES string of the molecule is CC1COC(c2ccc(-c3cc(Oc4cccc(S(C)(=O)=O)c4)cc(C(=O)N(C)C)c3)[nH]2)=N1. The third kappa shape index (κ3) is 5.09. The molecule has 1 aromatic heterocycles. The normalized spacial score (nSPS) is 15.6. The molecule has 9 heteroatoms. The smallest absolute Gasteiger partial charge is 0.253 e. The number of hydrogen-bond acceptors (Lipinski definition) is 6. The van der Waals surface area contributed by atoms with Gasteiger partial charge in [0.05, 0.1) is 10.9 Å². The quantitative estimate of drug-likeness (QED) is 0.595. The Bertz CT molecular complexity index is 1340.